The fourth-order valence-corrected chi connectivity index (χ4v) is 3.73. The van der Waals surface area contributed by atoms with E-state index in [0.717, 1.165) is 39.6 Å². The van der Waals surface area contributed by atoms with Crippen LogP contribution in [0.2, 0.25) is 0 Å². The van der Waals surface area contributed by atoms with Gasteiger partial charge in [-0.2, -0.15) is 0 Å². The summed E-state index contributed by atoms with van der Waals surface area (Å²) in [6, 6.07) is 6.47. The van der Waals surface area contributed by atoms with E-state index in [2.05, 4.69) is 28.2 Å². The third-order valence-electron chi connectivity index (χ3n) is 5.61. The number of rotatable bonds is 4. The molecule has 1 aliphatic heterocycles. The number of fused-ring (bicyclic) bond motifs is 1. The van der Waals surface area contributed by atoms with E-state index in [1.54, 1.807) is 0 Å². The lowest BCUT2D eigenvalue weighted by atomic mass is 9.99. The van der Waals surface area contributed by atoms with Gasteiger partial charge in [-0.25, -0.2) is 9.97 Å². The first kappa shape index (κ1) is 15.1. The fraction of sp³-hybridized carbons (Fsp3) is 0.318. The first-order chi connectivity index (χ1) is 13.3. The number of hydrogen-bond donors (Lipinski definition) is 0. The van der Waals surface area contributed by atoms with Crippen LogP contribution in [0.4, 0.5) is 0 Å². The molecule has 0 atom stereocenters. The van der Waals surface area contributed by atoms with Crippen molar-refractivity contribution in [2.45, 2.75) is 44.1 Å². The van der Waals surface area contributed by atoms with E-state index in [-0.39, 0.29) is 0 Å². The Morgan fingerprint density at radius 3 is 2.11 bits per heavy atom. The molecule has 0 saturated heterocycles. The average molecular weight is 353 g/mol. The quantitative estimate of drug-likeness (QED) is 0.710. The number of aromatic nitrogens is 4. The van der Waals surface area contributed by atoms with Crippen molar-refractivity contribution in [3.63, 3.8) is 0 Å². The Hall–Kier alpha value is -2.95. The van der Waals surface area contributed by atoms with Crippen LogP contribution in [-0.2, 0) is 6.54 Å². The summed E-state index contributed by atoms with van der Waals surface area (Å²) in [6.45, 7) is 0.702. The third kappa shape index (κ3) is 2.74. The molecule has 2 fully saturated rings. The van der Waals surface area contributed by atoms with Crippen LogP contribution in [0.25, 0.3) is 11.3 Å². The molecule has 0 radical (unpaired) electrons. The van der Waals surface area contributed by atoms with Gasteiger partial charge in [0.05, 0.1) is 41.7 Å². The molecule has 0 spiro atoms. The molecule has 6 rings (SSSR count). The molecule has 132 valence electrons. The molecular weight excluding hydrogens is 334 g/mol. The van der Waals surface area contributed by atoms with Crippen molar-refractivity contribution >= 4 is 5.71 Å². The number of aliphatic imine (C=N–C) groups is 1. The van der Waals surface area contributed by atoms with E-state index in [9.17, 15) is 0 Å². The summed E-state index contributed by atoms with van der Waals surface area (Å²) in [5.41, 5.74) is 8.46. The lowest BCUT2D eigenvalue weighted by Gasteiger charge is -2.08. The van der Waals surface area contributed by atoms with Crippen LogP contribution in [0.15, 0.2) is 48.0 Å². The minimum Gasteiger partial charge on any atom is -0.278 e. The molecule has 0 N–H and O–H groups in total. The smallest absolute Gasteiger partial charge is 0.107 e. The molecule has 1 aromatic carbocycles. The van der Waals surface area contributed by atoms with Crippen molar-refractivity contribution in [3.05, 3.63) is 71.2 Å². The van der Waals surface area contributed by atoms with Gasteiger partial charge in [0, 0.05) is 35.4 Å². The van der Waals surface area contributed by atoms with Crippen LogP contribution in [0.3, 0.4) is 0 Å². The van der Waals surface area contributed by atoms with Gasteiger partial charge in [0.15, 0.2) is 0 Å². The maximum atomic E-state index is 4.84. The summed E-state index contributed by atoms with van der Waals surface area (Å²) in [4.78, 5) is 23.3. The highest BCUT2D eigenvalue weighted by Crippen LogP contribution is 2.40. The van der Waals surface area contributed by atoms with Crippen molar-refractivity contribution < 1.29 is 0 Å². The Bertz CT molecular complexity index is 1080. The maximum Gasteiger partial charge on any atom is 0.107 e. The predicted octanol–water partition coefficient (Wildman–Crippen LogP) is 4.04. The van der Waals surface area contributed by atoms with E-state index in [1.807, 2.05) is 24.8 Å². The molecule has 3 aromatic rings. The second-order valence-corrected chi connectivity index (χ2v) is 7.74. The first-order valence-corrected chi connectivity index (χ1v) is 9.67. The topological polar surface area (TPSA) is 63.9 Å². The van der Waals surface area contributed by atoms with Gasteiger partial charge >= 0.3 is 0 Å². The monoisotopic (exact) mass is 353 g/mol. The highest BCUT2D eigenvalue weighted by Gasteiger charge is 2.28. The zero-order valence-electron chi connectivity index (χ0n) is 15.0. The minimum absolute atomic E-state index is 0.589. The SMILES string of the molecule is c1cc2c(cc1-c1cncc(C3CC3)n1)C(c1cncc(C3CC3)n1)=NC2. The number of benzene rings is 1. The van der Waals surface area contributed by atoms with Gasteiger partial charge in [-0.05, 0) is 37.3 Å². The number of nitrogens with zero attached hydrogens (tertiary/aromatic N) is 5. The molecule has 3 heterocycles. The van der Waals surface area contributed by atoms with Gasteiger partial charge in [0.25, 0.3) is 0 Å². The molecule has 0 unspecified atom stereocenters. The standard InChI is InChI=1S/C22H19N5/c1-2-13(1)18-9-23-11-20(26-18)15-5-6-16-8-25-22(17(16)7-15)21-12-24-10-19(27-21)14-3-4-14/h5-7,9-14H,1-4,8H2. The van der Waals surface area contributed by atoms with Crippen LogP contribution in [0.1, 0.15) is 65.7 Å². The fourth-order valence-electron chi connectivity index (χ4n) is 3.73. The van der Waals surface area contributed by atoms with Crippen LogP contribution < -0.4 is 0 Å². The second-order valence-electron chi connectivity index (χ2n) is 7.74. The molecule has 3 aliphatic rings. The zero-order valence-corrected chi connectivity index (χ0v) is 15.0. The molecule has 2 saturated carbocycles. The summed E-state index contributed by atoms with van der Waals surface area (Å²) < 4.78 is 0. The van der Waals surface area contributed by atoms with Crippen LogP contribution in [0.5, 0.6) is 0 Å². The Morgan fingerprint density at radius 1 is 0.741 bits per heavy atom. The minimum atomic E-state index is 0.589. The van der Waals surface area contributed by atoms with Crippen LogP contribution >= 0.6 is 0 Å². The Morgan fingerprint density at radius 2 is 1.41 bits per heavy atom. The summed E-state index contributed by atoms with van der Waals surface area (Å²) >= 11 is 0. The Labute approximate surface area is 157 Å². The average Bonchev–Trinajstić information content (AvgIpc) is 3.64. The Balaban J connectivity index is 1.39. The molecule has 2 aromatic heterocycles. The summed E-state index contributed by atoms with van der Waals surface area (Å²) in [6.07, 6.45) is 12.4. The van der Waals surface area contributed by atoms with E-state index >= 15 is 0 Å². The van der Waals surface area contributed by atoms with Gasteiger partial charge in [0.1, 0.15) is 5.69 Å². The van der Waals surface area contributed by atoms with Gasteiger partial charge in [-0.1, -0.05) is 12.1 Å². The molecule has 5 heteroatoms. The first-order valence-electron chi connectivity index (χ1n) is 9.67. The van der Waals surface area contributed by atoms with Crippen molar-refractivity contribution in [2.24, 2.45) is 4.99 Å². The number of hydrogen-bond acceptors (Lipinski definition) is 5. The van der Waals surface area contributed by atoms with E-state index < -0.39 is 0 Å². The lowest BCUT2D eigenvalue weighted by molar-refractivity contribution is 0.979. The molecule has 0 bridgehead atoms. The normalized spacial score (nSPS) is 18.3. The van der Waals surface area contributed by atoms with Crippen molar-refractivity contribution in [2.75, 3.05) is 0 Å². The molecule has 0 amide bonds. The highest BCUT2D eigenvalue weighted by atomic mass is 14.9. The maximum absolute atomic E-state index is 4.84. The zero-order chi connectivity index (χ0) is 17.8. The van der Waals surface area contributed by atoms with Gasteiger partial charge < -0.3 is 0 Å². The molecule has 5 nitrogen and oxygen atoms in total. The lowest BCUT2D eigenvalue weighted by Crippen LogP contribution is -2.06. The Kier molecular flexibility index (Phi) is 3.24. The van der Waals surface area contributed by atoms with Crippen molar-refractivity contribution in [1.29, 1.82) is 0 Å². The molecule has 2 aliphatic carbocycles. The second kappa shape index (κ2) is 5.78. The summed E-state index contributed by atoms with van der Waals surface area (Å²) in [5.74, 6) is 1.19. The predicted molar refractivity (Wildman–Crippen MR) is 103 cm³/mol. The highest BCUT2D eigenvalue weighted by molar-refractivity contribution is 6.14. The van der Waals surface area contributed by atoms with E-state index in [0.29, 0.717) is 18.4 Å². The molecule has 27 heavy (non-hydrogen) atoms. The van der Waals surface area contributed by atoms with Gasteiger partial charge in [0.2, 0.25) is 0 Å². The van der Waals surface area contributed by atoms with Crippen molar-refractivity contribution in [1.82, 2.24) is 19.9 Å². The van der Waals surface area contributed by atoms with Crippen molar-refractivity contribution in [3.8, 4) is 11.3 Å². The summed E-state index contributed by atoms with van der Waals surface area (Å²) in [7, 11) is 0. The largest absolute Gasteiger partial charge is 0.278 e. The summed E-state index contributed by atoms with van der Waals surface area (Å²) in [5, 5.41) is 0. The van der Waals surface area contributed by atoms with E-state index in [1.165, 1.54) is 31.2 Å². The molecular formula is C22H19N5. The van der Waals surface area contributed by atoms with Crippen LogP contribution in [0, 0.1) is 0 Å². The van der Waals surface area contributed by atoms with Crippen LogP contribution in [-0.4, -0.2) is 25.6 Å². The van der Waals surface area contributed by atoms with E-state index in [4.69, 9.17) is 15.0 Å². The van der Waals surface area contributed by atoms with Gasteiger partial charge in [-0.3, -0.25) is 15.0 Å². The third-order valence-corrected chi connectivity index (χ3v) is 5.61. The van der Waals surface area contributed by atoms with Gasteiger partial charge in [-0.15, -0.1) is 0 Å².